The smallest absolute Gasteiger partial charge is 0.385 e. The van der Waals surface area contributed by atoms with Crippen LogP contribution in [0.25, 0.3) is 6.08 Å². The number of aliphatic hydroxyl groups is 1. The topological polar surface area (TPSA) is 82.1 Å². The highest BCUT2D eigenvalue weighted by Gasteiger charge is 2.51. The normalized spacial score (nSPS) is 19.5. The minimum atomic E-state index is -2.52. The number of fused-ring (bicyclic) bond motifs is 1. The largest absolute Gasteiger partial charge is 0.462 e. The Labute approximate surface area is 135 Å². The van der Waals surface area contributed by atoms with Gasteiger partial charge in [0.15, 0.2) is 0 Å². The minimum absolute atomic E-state index is 0.0355. The number of halogens is 1. The van der Waals surface area contributed by atoms with Crippen molar-refractivity contribution in [2.75, 3.05) is 13.2 Å². The molecule has 0 aromatic heterocycles. The van der Waals surface area contributed by atoms with Crippen LogP contribution in [0.5, 0.6) is 5.75 Å². The van der Waals surface area contributed by atoms with E-state index in [9.17, 15) is 14.7 Å². The van der Waals surface area contributed by atoms with Crippen LogP contribution in [0, 0.1) is 0 Å². The first-order valence-electron chi connectivity index (χ1n) is 6.69. The van der Waals surface area contributed by atoms with E-state index in [1.807, 2.05) is 0 Å². The highest BCUT2D eigenvalue weighted by atomic mass is 79.9. The summed E-state index contributed by atoms with van der Waals surface area (Å²) in [7, 11) is 0. The van der Waals surface area contributed by atoms with Crippen LogP contribution in [-0.4, -0.2) is 36.0 Å². The first kappa shape index (κ1) is 16.5. The Balaban J connectivity index is 2.53. The first-order chi connectivity index (χ1) is 10.4. The summed E-state index contributed by atoms with van der Waals surface area (Å²) in [6.07, 6.45) is 1.36. The van der Waals surface area contributed by atoms with Crippen molar-refractivity contribution < 1.29 is 28.9 Å². The van der Waals surface area contributed by atoms with Gasteiger partial charge in [0.05, 0.1) is 13.2 Å². The maximum absolute atomic E-state index is 12.1. The minimum Gasteiger partial charge on any atom is -0.462 e. The average Bonchev–Trinajstić information content (AvgIpc) is 2.47. The van der Waals surface area contributed by atoms with Gasteiger partial charge in [-0.1, -0.05) is 15.9 Å². The van der Waals surface area contributed by atoms with Gasteiger partial charge in [0.1, 0.15) is 11.3 Å². The van der Waals surface area contributed by atoms with Gasteiger partial charge in [-0.15, -0.1) is 0 Å². The summed E-state index contributed by atoms with van der Waals surface area (Å²) in [5.41, 5.74) is 0.213. The molecular weight excluding hydrogens is 356 g/mol. The first-order valence-corrected chi connectivity index (χ1v) is 7.49. The molecular formula is C15H15BrO6. The quantitative estimate of drug-likeness (QED) is 0.816. The number of esters is 2. The molecule has 0 saturated heterocycles. The molecule has 1 aromatic carbocycles. The highest BCUT2D eigenvalue weighted by molar-refractivity contribution is 9.10. The lowest BCUT2D eigenvalue weighted by atomic mass is 9.98. The van der Waals surface area contributed by atoms with E-state index in [-0.39, 0.29) is 24.5 Å². The Kier molecular flexibility index (Phi) is 4.87. The molecule has 0 bridgehead atoms. The third kappa shape index (κ3) is 3.00. The highest BCUT2D eigenvalue weighted by Crippen LogP contribution is 2.37. The number of hydrogen-bond acceptors (Lipinski definition) is 6. The van der Waals surface area contributed by atoms with Crippen LogP contribution in [-0.2, 0) is 19.1 Å². The van der Waals surface area contributed by atoms with Gasteiger partial charge in [-0.25, -0.2) is 9.59 Å². The Morgan fingerprint density at radius 2 is 1.95 bits per heavy atom. The molecule has 0 aliphatic carbocycles. The van der Waals surface area contributed by atoms with E-state index in [4.69, 9.17) is 14.2 Å². The molecule has 0 radical (unpaired) electrons. The van der Waals surface area contributed by atoms with Crippen LogP contribution in [0.2, 0.25) is 0 Å². The van der Waals surface area contributed by atoms with Crippen molar-refractivity contribution in [3.63, 3.8) is 0 Å². The number of hydrogen-bond donors (Lipinski definition) is 1. The van der Waals surface area contributed by atoms with Gasteiger partial charge in [-0.3, -0.25) is 0 Å². The number of ether oxygens (including phenoxy) is 3. The lowest BCUT2D eigenvalue weighted by molar-refractivity contribution is -0.192. The fourth-order valence-corrected chi connectivity index (χ4v) is 2.36. The van der Waals surface area contributed by atoms with Gasteiger partial charge in [0.2, 0.25) is 0 Å². The standard InChI is InChI=1S/C15H15BrO6/c1-3-20-13(17)11-8-9-7-10(16)5-6-12(9)22-15(11,19)14(18)21-4-2/h5-8,19H,3-4H2,1-2H3. The molecule has 7 heteroatoms. The summed E-state index contributed by atoms with van der Waals surface area (Å²) in [4.78, 5) is 24.1. The second-order valence-corrected chi connectivity index (χ2v) is 5.34. The monoisotopic (exact) mass is 370 g/mol. The molecule has 0 spiro atoms. The van der Waals surface area contributed by atoms with Crippen LogP contribution < -0.4 is 4.74 Å². The molecule has 1 aliphatic heterocycles. The second kappa shape index (κ2) is 6.50. The molecule has 0 saturated carbocycles. The summed E-state index contributed by atoms with van der Waals surface area (Å²) >= 11 is 3.31. The second-order valence-electron chi connectivity index (χ2n) is 4.43. The fraction of sp³-hybridized carbons (Fsp3) is 0.333. The molecule has 118 valence electrons. The zero-order chi connectivity index (χ0) is 16.3. The van der Waals surface area contributed by atoms with E-state index in [0.29, 0.717) is 5.56 Å². The van der Waals surface area contributed by atoms with Gasteiger partial charge in [-0.2, -0.15) is 0 Å². The number of carbonyl (C=O) groups is 2. The van der Waals surface area contributed by atoms with Crippen LogP contribution in [0.1, 0.15) is 19.4 Å². The molecule has 1 unspecified atom stereocenters. The van der Waals surface area contributed by atoms with Crippen LogP contribution in [0.15, 0.2) is 28.2 Å². The molecule has 1 heterocycles. The molecule has 1 aromatic rings. The van der Waals surface area contributed by atoms with Crippen molar-refractivity contribution >= 4 is 33.9 Å². The van der Waals surface area contributed by atoms with E-state index in [1.165, 1.54) is 6.08 Å². The Bertz CT molecular complexity index is 639. The molecule has 2 rings (SSSR count). The third-order valence-electron chi connectivity index (χ3n) is 2.94. The molecule has 1 N–H and O–H groups in total. The zero-order valence-corrected chi connectivity index (χ0v) is 13.7. The van der Waals surface area contributed by atoms with Gasteiger partial charge in [-0.05, 0) is 38.1 Å². The lowest BCUT2D eigenvalue weighted by Gasteiger charge is -2.31. The molecule has 0 amide bonds. The van der Waals surface area contributed by atoms with Crippen LogP contribution >= 0.6 is 15.9 Å². The zero-order valence-electron chi connectivity index (χ0n) is 12.1. The van der Waals surface area contributed by atoms with Gasteiger partial charge < -0.3 is 19.3 Å². The molecule has 1 aliphatic rings. The van der Waals surface area contributed by atoms with Gasteiger partial charge >= 0.3 is 17.7 Å². The van der Waals surface area contributed by atoms with E-state index in [2.05, 4.69) is 15.9 Å². The SMILES string of the molecule is CCOC(=O)C1=Cc2cc(Br)ccc2OC1(O)C(=O)OCC. The van der Waals surface area contributed by atoms with E-state index in [0.717, 1.165) is 4.47 Å². The average molecular weight is 371 g/mol. The summed E-state index contributed by atoms with van der Waals surface area (Å²) in [5.74, 6) is -4.18. The molecule has 6 nitrogen and oxygen atoms in total. The van der Waals surface area contributed by atoms with Crippen molar-refractivity contribution in [3.05, 3.63) is 33.8 Å². The maximum Gasteiger partial charge on any atom is 0.385 e. The molecule has 0 fully saturated rings. The lowest BCUT2D eigenvalue weighted by Crippen LogP contribution is -2.51. The number of benzene rings is 1. The summed E-state index contributed by atoms with van der Waals surface area (Å²) in [6, 6.07) is 4.95. The Morgan fingerprint density at radius 1 is 1.27 bits per heavy atom. The fourth-order valence-electron chi connectivity index (χ4n) is 1.98. The summed E-state index contributed by atoms with van der Waals surface area (Å²) in [5, 5.41) is 10.6. The molecule has 1 atom stereocenters. The van der Waals surface area contributed by atoms with Crippen molar-refractivity contribution in [2.24, 2.45) is 0 Å². The number of carbonyl (C=O) groups excluding carboxylic acids is 2. The van der Waals surface area contributed by atoms with Crippen LogP contribution in [0.4, 0.5) is 0 Å². The Morgan fingerprint density at radius 3 is 2.59 bits per heavy atom. The van der Waals surface area contributed by atoms with E-state index < -0.39 is 17.7 Å². The van der Waals surface area contributed by atoms with Crippen molar-refractivity contribution in [1.82, 2.24) is 0 Å². The summed E-state index contributed by atoms with van der Waals surface area (Å²) < 4.78 is 15.8. The molecule has 22 heavy (non-hydrogen) atoms. The number of rotatable bonds is 4. The van der Waals surface area contributed by atoms with Gasteiger partial charge in [0, 0.05) is 10.0 Å². The summed E-state index contributed by atoms with van der Waals surface area (Å²) in [6.45, 7) is 3.34. The maximum atomic E-state index is 12.1. The van der Waals surface area contributed by atoms with E-state index in [1.54, 1.807) is 32.0 Å². The van der Waals surface area contributed by atoms with E-state index >= 15 is 0 Å². The van der Waals surface area contributed by atoms with Crippen LogP contribution in [0.3, 0.4) is 0 Å². The van der Waals surface area contributed by atoms with Gasteiger partial charge in [0.25, 0.3) is 0 Å². The third-order valence-corrected chi connectivity index (χ3v) is 3.44. The van der Waals surface area contributed by atoms with Crippen molar-refractivity contribution in [1.29, 1.82) is 0 Å². The predicted octanol–water partition coefficient (Wildman–Crippen LogP) is 2.04. The van der Waals surface area contributed by atoms with Crippen molar-refractivity contribution in [2.45, 2.75) is 19.6 Å². The Hall–Kier alpha value is -1.86. The predicted molar refractivity (Wildman–Crippen MR) is 81.0 cm³/mol. The van der Waals surface area contributed by atoms with Crippen molar-refractivity contribution in [3.8, 4) is 5.75 Å².